The highest BCUT2D eigenvalue weighted by molar-refractivity contribution is 5.35. The van der Waals surface area contributed by atoms with Crippen molar-refractivity contribution in [3.05, 3.63) is 34.9 Å². The standard InChI is InChI=1S/C13H17F2N/c1-7-4-11(15)8(5-10(7)14)12-9(6-16)13(12,2)3/h4-5,9,12H,6,16H2,1-3H3/t9-,12-/m0/s1. The Kier molecular flexibility index (Phi) is 2.54. The molecule has 0 spiro atoms. The third-order valence-electron chi connectivity index (χ3n) is 3.92. The summed E-state index contributed by atoms with van der Waals surface area (Å²) >= 11 is 0. The summed E-state index contributed by atoms with van der Waals surface area (Å²) in [5.74, 6) is -0.348. The van der Waals surface area contributed by atoms with Crippen LogP contribution in [-0.2, 0) is 0 Å². The smallest absolute Gasteiger partial charge is 0.127 e. The Morgan fingerprint density at radius 3 is 2.38 bits per heavy atom. The van der Waals surface area contributed by atoms with E-state index in [0.29, 0.717) is 17.7 Å². The lowest BCUT2D eigenvalue weighted by Gasteiger charge is -2.06. The molecule has 0 bridgehead atoms. The predicted octanol–water partition coefficient (Wildman–Crippen LogP) is 2.97. The van der Waals surface area contributed by atoms with Gasteiger partial charge < -0.3 is 5.73 Å². The average Bonchev–Trinajstić information content (AvgIpc) is 2.74. The van der Waals surface area contributed by atoms with Crippen LogP contribution in [0.4, 0.5) is 8.78 Å². The fourth-order valence-corrected chi connectivity index (χ4v) is 2.70. The van der Waals surface area contributed by atoms with Gasteiger partial charge in [-0.25, -0.2) is 8.78 Å². The topological polar surface area (TPSA) is 26.0 Å². The molecule has 1 aromatic carbocycles. The summed E-state index contributed by atoms with van der Waals surface area (Å²) in [5.41, 5.74) is 6.45. The van der Waals surface area contributed by atoms with Crippen molar-refractivity contribution in [1.29, 1.82) is 0 Å². The minimum absolute atomic E-state index is 0.0166. The molecule has 2 rings (SSSR count). The number of halogens is 2. The first kappa shape index (κ1) is 11.5. The van der Waals surface area contributed by atoms with Gasteiger partial charge in [-0.3, -0.25) is 0 Å². The van der Waals surface area contributed by atoms with E-state index < -0.39 is 0 Å². The van der Waals surface area contributed by atoms with Crippen LogP contribution in [0, 0.1) is 29.9 Å². The zero-order valence-corrected chi connectivity index (χ0v) is 9.85. The molecular formula is C13H17F2N. The summed E-state index contributed by atoms with van der Waals surface area (Å²) in [7, 11) is 0. The number of aryl methyl sites for hydroxylation is 1. The van der Waals surface area contributed by atoms with Crippen molar-refractivity contribution in [2.45, 2.75) is 26.7 Å². The molecule has 1 aliphatic rings. The number of hydrogen-bond donors (Lipinski definition) is 1. The Balaban J connectivity index is 2.40. The van der Waals surface area contributed by atoms with Crippen molar-refractivity contribution < 1.29 is 8.78 Å². The molecule has 1 fully saturated rings. The second-order valence-corrected chi connectivity index (χ2v) is 5.26. The van der Waals surface area contributed by atoms with E-state index in [9.17, 15) is 8.78 Å². The molecular weight excluding hydrogens is 208 g/mol. The first-order chi connectivity index (χ1) is 7.39. The first-order valence-electron chi connectivity index (χ1n) is 5.55. The zero-order chi connectivity index (χ0) is 12.1. The van der Waals surface area contributed by atoms with Crippen LogP contribution in [-0.4, -0.2) is 6.54 Å². The van der Waals surface area contributed by atoms with Crippen LogP contribution in [0.5, 0.6) is 0 Å². The molecule has 2 N–H and O–H groups in total. The largest absolute Gasteiger partial charge is 0.330 e. The number of rotatable bonds is 2. The van der Waals surface area contributed by atoms with Gasteiger partial charge in [-0.05, 0) is 54.0 Å². The van der Waals surface area contributed by atoms with Crippen molar-refractivity contribution in [3.8, 4) is 0 Å². The van der Waals surface area contributed by atoms with Crippen LogP contribution in [0.25, 0.3) is 0 Å². The van der Waals surface area contributed by atoms with E-state index in [-0.39, 0.29) is 28.9 Å². The van der Waals surface area contributed by atoms with Crippen LogP contribution in [0.15, 0.2) is 12.1 Å². The summed E-state index contributed by atoms with van der Waals surface area (Å²) in [6, 6.07) is 2.60. The van der Waals surface area contributed by atoms with Gasteiger partial charge in [0.25, 0.3) is 0 Å². The maximum absolute atomic E-state index is 13.8. The first-order valence-corrected chi connectivity index (χ1v) is 5.55. The predicted molar refractivity (Wildman–Crippen MR) is 60.2 cm³/mol. The Morgan fingerprint density at radius 1 is 1.25 bits per heavy atom. The quantitative estimate of drug-likeness (QED) is 0.822. The lowest BCUT2D eigenvalue weighted by Crippen LogP contribution is -2.05. The Bertz CT molecular complexity index is 426. The second-order valence-electron chi connectivity index (χ2n) is 5.26. The molecule has 0 amide bonds. The van der Waals surface area contributed by atoms with E-state index in [2.05, 4.69) is 0 Å². The van der Waals surface area contributed by atoms with Crippen molar-refractivity contribution in [3.63, 3.8) is 0 Å². The van der Waals surface area contributed by atoms with Crippen LogP contribution in [0.1, 0.15) is 30.9 Å². The van der Waals surface area contributed by atoms with Crippen LogP contribution >= 0.6 is 0 Å². The van der Waals surface area contributed by atoms with Crippen LogP contribution in [0.2, 0.25) is 0 Å². The summed E-state index contributed by atoms with van der Waals surface area (Å²) < 4.78 is 27.2. The fourth-order valence-electron chi connectivity index (χ4n) is 2.70. The van der Waals surface area contributed by atoms with Gasteiger partial charge in [-0.1, -0.05) is 13.8 Å². The molecule has 1 nitrogen and oxygen atoms in total. The number of nitrogens with two attached hydrogens (primary N) is 1. The van der Waals surface area contributed by atoms with Crippen LogP contribution < -0.4 is 5.73 Å². The highest BCUT2D eigenvalue weighted by Gasteiger charge is 2.58. The van der Waals surface area contributed by atoms with E-state index >= 15 is 0 Å². The molecule has 0 saturated heterocycles. The summed E-state index contributed by atoms with van der Waals surface area (Å²) in [5, 5.41) is 0. The van der Waals surface area contributed by atoms with Crippen molar-refractivity contribution in [2.24, 2.45) is 17.1 Å². The van der Waals surface area contributed by atoms with Gasteiger partial charge >= 0.3 is 0 Å². The van der Waals surface area contributed by atoms with Crippen LogP contribution in [0.3, 0.4) is 0 Å². The molecule has 2 atom stereocenters. The van der Waals surface area contributed by atoms with Gasteiger partial charge in [0.1, 0.15) is 11.6 Å². The Labute approximate surface area is 94.7 Å². The Morgan fingerprint density at radius 2 is 1.88 bits per heavy atom. The Hall–Kier alpha value is -0.960. The van der Waals surface area contributed by atoms with Crippen molar-refractivity contribution >= 4 is 0 Å². The normalized spacial score (nSPS) is 26.9. The van der Waals surface area contributed by atoms with Gasteiger partial charge in [-0.15, -0.1) is 0 Å². The zero-order valence-electron chi connectivity index (χ0n) is 9.85. The molecule has 0 radical (unpaired) electrons. The van der Waals surface area contributed by atoms with E-state index in [0.717, 1.165) is 0 Å². The molecule has 1 aliphatic carbocycles. The molecule has 16 heavy (non-hydrogen) atoms. The SMILES string of the molecule is Cc1cc(F)c([C@H]2[C@H](CN)C2(C)C)cc1F. The molecule has 1 saturated carbocycles. The lowest BCUT2D eigenvalue weighted by atomic mass is 10.0. The van der Waals surface area contributed by atoms with Gasteiger partial charge in [0.15, 0.2) is 0 Å². The van der Waals surface area contributed by atoms with E-state index in [1.165, 1.54) is 12.1 Å². The highest BCUT2D eigenvalue weighted by atomic mass is 19.1. The van der Waals surface area contributed by atoms with E-state index in [1.807, 2.05) is 13.8 Å². The number of hydrogen-bond acceptors (Lipinski definition) is 1. The minimum Gasteiger partial charge on any atom is -0.330 e. The van der Waals surface area contributed by atoms with E-state index in [4.69, 9.17) is 5.73 Å². The van der Waals surface area contributed by atoms with Crippen molar-refractivity contribution in [2.75, 3.05) is 6.54 Å². The summed E-state index contributed by atoms with van der Waals surface area (Å²) in [6.07, 6.45) is 0. The molecule has 0 aliphatic heterocycles. The van der Waals surface area contributed by atoms with Gasteiger partial charge in [0, 0.05) is 0 Å². The second kappa shape index (κ2) is 3.52. The third kappa shape index (κ3) is 1.54. The van der Waals surface area contributed by atoms with Gasteiger partial charge in [0.05, 0.1) is 0 Å². The molecule has 0 unspecified atom stereocenters. The maximum atomic E-state index is 13.8. The molecule has 88 valence electrons. The minimum atomic E-state index is -0.338. The fraction of sp³-hybridized carbons (Fsp3) is 0.538. The van der Waals surface area contributed by atoms with E-state index in [1.54, 1.807) is 6.92 Å². The monoisotopic (exact) mass is 225 g/mol. The molecule has 0 aromatic heterocycles. The van der Waals surface area contributed by atoms with Crippen molar-refractivity contribution in [1.82, 2.24) is 0 Å². The average molecular weight is 225 g/mol. The lowest BCUT2D eigenvalue weighted by molar-refractivity contribution is 0.545. The number of benzene rings is 1. The summed E-state index contributed by atoms with van der Waals surface area (Å²) in [6.45, 7) is 6.19. The molecule has 3 heteroatoms. The maximum Gasteiger partial charge on any atom is 0.127 e. The summed E-state index contributed by atoms with van der Waals surface area (Å²) in [4.78, 5) is 0. The molecule has 1 aromatic rings. The van der Waals surface area contributed by atoms with Gasteiger partial charge in [-0.2, -0.15) is 0 Å². The van der Waals surface area contributed by atoms with Gasteiger partial charge in [0.2, 0.25) is 0 Å². The third-order valence-corrected chi connectivity index (χ3v) is 3.92. The highest BCUT2D eigenvalue weighted by Crippen LogP contribution is 2.64. The molecule has 0 heterocycles.